The maximum atomic E-state index is 11.7. The Morgan fingerprint density at radius 1 is 1.18 bits per heavy atom. The highest BCUT2D eigenvalue weighted by atomic mass is 16.5. The number of ether oxygens (including phenoxy) is 1. The van der Waals surface area contributed by atoms with Gasteiger partial charge in [-0.25, -0.2) is 0 Å². The fourth-order valence-electron chi connectivity index (χ4n) is 2.00. The van der Waals surface area contributed by atoms with E-state index in [2.05, 4.69) is 10.2 Å². The minimum Gasteiger partial charge on any atom is -0.508 e. The quantitative estimate of drug-likeness (QED) is 0.717. The third-order valence-corrected chi connectivity index (χ3v) is 3.12. The van der Waals surface area contributed by atoms with Gasteiger partial charge in [-0.05, 0) is 43.5 Å². The summed E-state index contributed by atoms with van der Waals surface area (Å²) in [6, 6.07) is 6.64. The lowest BCUT2D eigenvalue weighted by molar-refractivity contribution is -0.118. The van der Waals surface area contributed by atoms with Crippen molar-refractivity contribution in [3.05, 3.63) is 36.0 Å². The molecular weight excluding hydrogens is 284 g/mol. The predicted molar refractivity (Wildman–Crippen MR) is 79.8 cm³/mol. The van der Waals surface area contributed by atoms with E-state index < -0.39 is 0 Å². The van der Waals surface area contributed by atoms with E-state index in [4.69, 9.17) is 14.3 Å². The first-order chi connectivity index (χ1) is 10.6. The predicted octanol–water partition coefficient (Wildman–Crippen LogP) is 2.83. The van der Waals surface area contributed by atoms with E-state index in [0.717, 1.165) is 25.0 Å². The number of rotatable bonds is 9. The van der Waals surface area contributed by atoms with E-state index >= 15 is 0 Å². The molecular formula is C16H20N2O4. The number of ketones is 1. The molecule has 1 aromatic heterocycles. The molecule has 1 aromatic carbocycles. The summed E-state index contributed by atoms with van der Waals surface area (Å²) < 4.78 is 10.7. The maximum absolute atomic E-state index is 11.7. The number of aryl methyl sites for hydroxylation is 1. The number of aromatic hydroxyl groups is 1. The highest BCUT2D eigenvalue weighted by Crippen LogP contribution is 2.16. The number of phenols is 1. The highest BCUT2D eigenvalue weighted by Gasteiger charge is 2.09. The smallest absolute Gasteiger partial charge is 0.223 e. The van der Waals surface area contributed by atoms with Crippen LogP contribution in [0.5, 0.6) is 11.5 Å². The molecule has 0 aliphatic rings. The van der Waals surface area contributed by atoms with Crippen LogP contribution in [0.1, 0.15) is 37.5 Å². The molecule has 118 valence electrons. The molecule has 0 saturated carbocycles. The molecule has 0 fully saturated rings. The Bertz CT molecular complexity index is 592. The second-order valence-corrected chi connectivity index (χ2v) is 5.08. The maximum Gasteiger partial charge on any atom is 0.223 e. The van der Waals surface area contributed by atoms with Gasteiger partial charge in [0.05, 0.1) is 13.0 Å². The molecule has 0 bridgehead atoms. The minimum atomic E-state index is 0.114. The van der Waals surface area contributed by atoms with Gasteiger partial charge in [0.15, 0.2) is 0 Å². The first-order valence-electron chi connectivity index (χ1n) is 7.36. The number of benzene rings is 1. The van der Waals surface area contributed by atoms with Gasteiger partial charge in [0.2, 0.25) is 11.8 Å². The third kappa shape index (κ3) is 5.55. The van der Waals surface area contributed by atoms with Crippen LogP contribution < -0.4 is 4.74 Å². The van der Waals surface area contributed by atoms with Crippen molar-refractivity contribution in [1.29, 1.82) is 0 Å². The van der Waals surface area contributed by atoms with Gasteiger partial charge in [0, 0.05) is 13.3 Å². The zero-order chi connectivity index (χ0) is 15.8. The Kier molecular flexibility index (Phi) is 5.94. The van der Waals surface area contributed by atoms with Crippen LogP contribution in [0.3, 0.4) is 0 Å². The monoisotopic (exact) mass is 304 g/mol. The number of phenolic OH excluding ortho intramolecular Hbond substituents is 1. The van der Waals surface area contributed by atoms with Crippen molar-refractivity contribution in [2.45, 2.75) is 39.0 Å². The van der Waals surface area contributed by atoms with Gasteiger partial charge in [-0.15, -0.1) is 10.2 Å². The van der Waals surface area contributed by atoms with E-state index in [0.29, 0.717) is 24.8 Å². The van der Waals surface area contributed by atoms with E-state index in [1.165, 1.54) is 0 Å². The van der Waals surface area contributed by atoms with Crippen LogP contribution >= 0.6 is 0 Å². The van der Waals surface area contributed by atoms with E-state index in [-0.39, 0.29) is 18.0 Å². The zero-order valence-electron chi connectivity index (χ0n) is 12.6. The van der Waals surface area contributed by atoms with Crippen molar-refractivity contribution >= 4 is 5.78 Å². The largest absolute Gasteiger partial charge is 0.508 e. The average Bonchev–Trinajstić information content (AvgIpc) is 2.89. The highest BCUT2D eigenvalue weighted by molar-refractivity contribution is 5.79. The van der Waals surface area contributed by atoms with Crippen molar-refractivity contribution in [3.63, 3.8) is 0 Å². The van der Waals surface area contributed by atoms with Gasteiger partial charge in [-0.1, -0.05) is 0 Å². The van der Waals surface area contributed by atoms with E-state index in [1.54, 1.807) is 31.2 Å². The molecule has 2 aromatic rings. The summed E-state index contributed by atoms with van der Waals surface area (Å²) >= 11 is 0. The molecule has 1 N–H and O–H groups in total. The lowest BCUT2D eigenvalue weighted by Crippen LogP contribution is -2.03. The number of aromatic nitrogens is 2. The standard InChI is InChI=1S/C16H20N2O4/c1-12-17-18-16(22-12)11-14(20)5-3-2-4-10-21-15-8-6-13(19)7-9-15/h6-9,19H,2-5,10-11H2,1H3. The summed E-state index contributed by atoms with van der Waals surface area (Å²) in [7, 11) is 0. The molecule has 0 aliphatic carbocycles. The SMILES string of the molecule is Cc1nnc(CC(=O)CCCCCOc2ccc(O)cc2)o1. The number of nitrogens with zero attached hydrogens (tertiary/aromatic N) is 2. The van der Waals surface area contributed by atoms with Crippen LogP contribution in [0.2, 0.25) is 0 Å². The number of hydrogen-bond acceptors (Lipinski definition) is 6. The van der Waals surface area contributed by atoms with Crippen molar-refractivity contribution in [2.24, 2.45) is 0 Å². The molecule has 22 heavy (non-hydrogen) atoms. The summed E-state index contributed by atoms with van der Waals surface area (Å²) in [4.78, 5) is 11.7. The normalized spacial score (nSPS) is 10.6. The molecule has 0 radical (unpaired) electrons. The van der Waals surface area contributed by atoms with Crippen LogP contribution in [0.25, 0.3) is 0 Å². The topological polar surface area (TPSA) is 85.5 Å². The summed E-state index contributed by atoms with van der Waals surface area (Å²) in [5.41, 5.74) is 0. The molecule has 0 saturated heterocycles. The van der Waals surface area contributed by atoms with E-state index in [9.17, 15) is 4.79 Å². The summed E-state index contributed by atoms with van der Waals surface area (Å²) in [6.45, 7) is 2.30. The molecule has 2 rings (SSSR count). The lowest BCUT2D eigenvalue weighted by Gasteiger charge is -2.05. The zero-order valence-corrected chi connectivity index (χ0v) is 12.6. The number of Topliss-reactive ketones (excluding diaryl/α,β-unsaturated/α-hetero) is 1. The van der Waals surface area contributed by atoms with Crippen LogP contribution in [-0.4, -0.2) is 27.7 Å². The molecule has 0 atom stereocenters. The summed E-state index contributed by atoms with van der Waals surface area (Å²) in [6.07, 6.45) is 3.36. The van der Waals surface area contributed by atoms with Gasteiger partial charge in [-0.2, -0.15) is 0 Å². The summed E-state index contributed by atoms with van der Waals surface area (Å²) in [5.74, 6) is 1.94. The van der Waals surface area contributed by atoms with Crippen molar-refractivity contribution in [1.82, 2.24) is 10.2 Å². The number of carbonyl (C=O) groups is 1. The second kappa shape index (κ2) is 8.17. The third-order valence-electron chi connectivity index (χ3n) is 3.12. The fraction of sp³-hybridized carbons (Fsp3) is 0.438. The van der Waals surface area contributed by atoms with Crippen molar-refractivity contribution in [2.75, 3.05) is 6.61 Å². The van der Waals surface area contributed by atoms with Crippen molar-refractivity contribution in [3.8, 4) is 11.5 Å². The van der Waals surface area contributed by atoms with Crippen molar-refractivity contribution < 1.29 is 19.1 Å². The minimum absolute atomic E-state index is 0.114. The molecule has 0 amide bonds. The molecule has 0 unspecified atom stereocenters. The van der Waals surface area contributed by atoms with Gasteiger partial charge >= 0.3 is 0 Å². The Morgan fingerprint density at radius 2 is 1.95 bits per heavy atom. The fourth-order valence-corrected chi connectivity index (χ4v) is 2.00. The van der Waals surface area contributed by atoms with Gasteiger partial charge in [0.25, 0.3) is 0 Å². The first-order valence-corrected chi connectivity index (χ1v) is 7.36. The Hall–Kier alpha value is -2.37. The molecule has 0 aliphatic heterocycles. The van der Waals surface area contributed by atoms with E-state index in [1.807, 2.05) is 0 Å². The van der Waals surface area contributed by atoms with Crippen LogP contribution in [-0.2, 0) is 11.2 Å². The van der Waals surface area contributed by atoms with Crippen LogP contribution in [0, 0.1) is 6.92 Å². The van der Waals surface area contributed by atoms with Gasteiger partial charge < -0.3 is 14.3 Å². The Balaban J connectivity index is 1.53. The first kappa shape index (κ1) is 16.0. The van der Waals surface area contributed by atoms with Gasteiger partial charge in [-0.3, -0.25) is 4.79 Å². The average molecular weight is 304 g/mol. The Labute approximate surface area is 129 Å². The number of carbonyl (C=O) groups excluding carboxylic acids is 1. The van der Waals surface area contributed by atoms with Crippen LogP contribution in [0.4, 0.5) is 0 Å². The molecule has 6 heteroatoms. The molecule has 6 nitrogen and oxygen atoms in total. The molecule has 1 heterocycles. The second-order valence-electron chi connectivity index (χ2n) is 5.08. The van der Waals surface area contributed by atoms with Gasteiger partial charge in [0.1, 0.15) is 17.3 Å². The molecule has 0 spiro atoms. The van der Waals surface area contributed by atoms with Crippen LogP contribution in [0.15, 0.2) is 28.7 Å². The lowest BCUT2D eigenvalue weighted by atomic mass is 10.1. The number of unbranched alkanes of at least 4 members (excludes halogenated alkanes) is 2. The number of hydrogen-bond donors (Lipinski definition) is 1. The Morgan fingerprint density at radius 3 is 2.64 bits per heavy atom. The summed E-state index contributed by atoms with van der Waals surface area (Å²) in [5, 5.41) is 16.7.